The Labute approximate surface area is 104 Å². The molecule has 0 fully saturated rings. The number of rotatable bonds is 6. The molecular weight excluding hydrogens is 246 g/mol. The van der Waals surface area contributed by atoms with Crippen molar-refractivity contribution in [2.45, 2.75) is 6.42 Å². The van der Waals surface area contributed by atoms with E-state index >= 15 is 0 Å². The van der Waals surface area contributed by atoms with E-state index in [1.54, 1.807) is 30.0 Å². The zero-order valence-corrected chi connectivity index (χ0v) is 10.6. The van der Waals surface area contributed by atoms with E-state index in [1.165, 1.54) is 0 Å². The molecule has 0 amide bonds. The highest BCUT2D eigenvalue weighted by atomic mass is 35.5. The van der Waals surface area contributed by atoms with Crippen LogP contribution in [0.1, 0.15) is 16.8 Å². The Morgan fingerprint density at radius 2 is 2.31 bits per heavy atom. The molecule has 88 valence electrons. The van der Waals surface area contributed by atoms with Crippen LogP contribution < -0.4 is 5.32 Å². The second kappa shape index (κ2) is 6.66. The molecule has 0 aliphatic rings. The molecule has 3 nitrogen and oxygen atoms in total. The molecule has 0 heterocycles. The Hall–Kier alpha value is -0.870. The van der Waals surface area contributed by atoms with Crippen LogP contribution in [0.5, 0.6) is 0 Å². The van der Waals surface area contributed by atoms with Crippen molar-refractivity contribution in [1.29, 1.82) is 0 Å². The highest BCUT2D eigenvalue weighted by Gasteiger charge is 2.08. The number of hydrogen-bond acceptors (Lipinski definition) is 3. The minimum absolute atomic E-state index is 0.136. The van der Waals surface area contributed by atoms with Gasteiger partial charge in [-0.3, -0.25) is 0 Å². The molecule has 0 saturated heterocycles. The number of thioether (sulfide) groups is 1. The van der Waals surface area contributed by atoms with Crippen LogP contribution in [0, 0.1) is 0 Å². The van der Waals surface area contributed by atoms with Gasteiger partial charge in [0.15, 0.2) is 0 Å². The summed E-state index contributed by atoms with van der Waals surface area (Å²) in [5, 5.41) is 12.3. The maximum Gasteiger partial charge on any atom is 0.337 e. The molecule has 5 heteroatoms. The summed E-state index contributed by atoms with van der Waals surface area (Å²) in [6, 6.07) is 4.94. The van der Waals surface area contributed by atoms with Crippen LogP contribution in [0.4, 0.5) is 5.69 Å². The lowest BCUT2D eigenvalue weighted by molar-refractivity contribution is 0.0697. The lowest BCUT2D eigenvalue weighted by atomic mass is 10.2. The van der Waals surface area contributed by atoms with Gasteiger partial charge in [0.1, 0.15) is 0 Å². The van der Waals surface area contributed by atoms with Crippen molar-refractivity contribution < 1.29 is 9.90 Å². The third-order valence-electron chi connectivity index (χ3n) is 2.05. The van der Waals surface area contributed by atoms with Gasteiger partial charge in [0.2, 0.25) is 0 Å². The Balaban J connectivity index is 2.61. The first-order chi connectivity index (χ1) is 7.65. The summed E-state index contributed by atoms with van der Waals surface area (Å²) >= 11 is 7.56. The van der Waals surface area contributed by atoms with Gasteiger partial charge in [-0.1, -0.05) is 11.6 Å². The zero-order valence-electron chi connectivity index (χ0n) is 9.00. The van der Waals surface area contributed by atoms with E-state index in [1.807, 2.05) is 0 Å². The number of hydrogen-bond donors (Lipinski definition) is 2. The van der Waals surface area contributed by atoms with E-state index in [9.17, 15) is 4.79 Å². The van der Waals surface area contributed by atoms with E-state index in [0.29, 0.717) is 0 Å². The van der Waals surface area contributed by atoms with Crippen LogP contribution in [0.15, 0.2) is 18.2 Å². The van der Waals surface area contributed by atoms with E-state index in [-0.39, 0.29) is 10.6 Å². The van der Waals surface area contributed by atoms with Gasteiger partial charge in [-0.25, -0.2) is 4.79 Å². The first-order valence-electron chi connectivity index (χ1n) is 4.91. The number of anilines is 1. The molecule has 1 rings (SSSR count). The SMILES string of the molecule is CSCCCNc1ccc(Cl)c(C(=O)O)c1. The smallest absolute Gasteiger partial charge is 0.337 e. The van der Waals surface area contributed by atoms with Gasteiger partial charge in [0.25, 0.3) is 0 Å². The Morgan fingerprint density at radius 3 is 2.94 bits per heavy atom. The van der Waals surface area contributed by atoms with Crippen molar-refractivity contribution in [3.05, 3.63) is 28.8 Å². The molecule has 16 heavy (non-hydrogen) atoms. The van der Waals surface area contributed by atoms with Crippen molar-refractivity contribution in [2.75, 3.05) is 23.9 Å². The highest BCUT2D eigenvalue weighted by Crippen LogP contribution is 2.20. The van der Waals surface area contributed by atoms with Crippen molar-refractivity contribution in [1.82, 2.24) is 0 Å². The standard InChI is InChI=1S/C11H14ClNO2S/c1-16-6-2-5-13-8-3-4-10(12)9(7-8)11(14)15/h3-4,7,13H,2,5-6H2,1H3,(H,14,15). The molecule has 1 aromatic carbocycles. The fraction of sp³-hybridized carbons (Fsp3) is 0.364. The van der Waals surface area contributed by atoms with Gasteiger partial charge in [-0.2, -0.15) is 11.8 Å². The van der Waals surface area contributed by atoms with E-state index in [0.717, 1.165) is 24.4 Å². The molecule has 0 aliphatic heterocycles. The number of halogens is 1. The molecule has 0 spiro atoms. The van der Waals surface area contributed by atoms with Gasteiger partial charge in [-0.05, 0) is 36.6 Å². The predicted molar refractivity (Wildman–Crippen MR) is 69.9 cm³/mol. The Bertz CT molecular complexity index is 371. The maximum absolute atomic E-state index is 10.8. The number of aromatic carboxylic acids is 1. The van der Waals surface area contributed by atoms with Crippen molar-refractivity contribution in [3.8, 4) is 0 Å². The van der Waals surface area contributed by atoms with Gasteiger partial charge in [0.05, 0.1) is 10.6 Å². The number of carboxylic acids is 1. The number of carboxylic acid groups (broad SMARTS) is 1. The first kappa shape index (κ1) is 13.2. The predicted octanol–water partition coefficient (Wildman–Crippen LogP) is 3.20. The number of nitrogens with one attached hydrogen (secondary N) is 1. The third-order valence-corrected chi connectivity index (χ3v) is 3.08. The minimum Gasteiger partial charge on any atom is -0.478 e. The third kappa shape index (κ3) is 3.94. The lowest BCUT2D eigenvalue weighted by Gasteiger charge is -2.07. The summed E-state index contributed by atoms with van der Waals surface area (Å²) in [5.74, 6) is 0.0876. The maximum atomic E-state index is 10.8. The summed E-state index contributed by atoms with van der Waals surface area (Å²) in [5.41, 5.74) is 0.930. The quantitative estimate of drug-likeness (QED) is 0.771. The fourth-order valence-electron chi connectivity index (χ4n) is 1.25. The minimum atomic E-state index is -1.00. The highest BCUT2D eigenvalue weighted by molar-refractivity contribution is 7.98. The second-order valence-corrected chi connectivity index (χ2v) is 4.67. The molecular formula is C11H14ClNO2S. The Kier molecular flexibility index (Phi) is 5.49. The largest absolute Gasteiger partial charge is 0.478 e. The van der Waals surface area contributed by atoms with Crippen molar-refractivity contribution in [2.24, 2.45) is 0 Å². The van der Waals surface area contributed by atoms with Crippen molar-refractivity contribution >= 4 is 35.0 Å². The summed E-state index contributed by atoms with van der Waals surface area (Å²) < 4.78 is 0. The molecule has 1 aromatic rings. The number of benzene rings is 1. The average molecular weight is 260 g/mol. The van der Waals surface area contributed by atoms with Crippen LogP contribution in [0.25, 0.3) is 0 Å². The molecule has 2 N–H and O–H groups in total. The van der Waals surface area contributed by atoms with E-state index in [2.05, 4.69) is 11.6 Å². The Morgan fingerprint density at radius 1 is 1.56 bits per heavy atom. The second-order valence-electron chi connectivity index (χ2n) is 3.27. The normalized spacial score (nSPS) is 10.1. The average Bonchev–Trinajstić information content (AvgIpc) is 2.26. The van der Waals surface area contributed by atoms with Crippen LogP contribution in [0.3, 0.4) is 0 Å². The van der Waals surface area contributed by atoms with Gasteiger partial charge >= 0.3 is 5.97 Å². The molecule has 0 unspecified atom stereocenters. The topological polar surface area (TPSA) is 49.3 Å². The molecule has 0 aliphatic carbocycles. The molecule has 0 bridgehead atoms. The van der Waals surface area contributed by atoms with E-state index < -0.39 is 5.97 Å². The monoisotopic (exact) mass is 259 g/mol. The van der Waals surface area contributed by atoms with Gasteiger partial charge in [-0.15, -0.1) is 0 Å². The van der Waals surface area contributed by atoms with Gasteiger partial charge < -0.3 is 10.4 Å². The van der Waals surface area contributed by atoms with Crippen LogP contribution in [-0.4, -0.2) is 29.6 Å². The molecule has 0 aromatic heterocycles. The van der Waals surface area contributed by atoms with E-state index in [4.69, 9.17) is 16.7 Å². The summed E-state index contributed by atoms with van der Waals surface area (Å²) in [6.45, 7) is 0.835. The molecule has 0 radical (unpaired) electrons. The number of carbonyl (C=O) groups is 1. The van der Waals surface area contributed by atoms with Gasteiger partial charge in [0, 0.05) is 12.2 Å². The van der Waals surface area contributed by atoms with Crippen LogP contribution in [0.2, 0.25) is 5.02 Å². The fourth-order valence-corrected chi connectivity index (χ4v) is 1.88. The first-order valence-corrected chi connectivity index (χ1v) is 6.68. The molecule has 0 atom stereocenters. The van der Waals surface area contributed by atoms with Crippen molar-refractivity contribution in [3.63, 3.8) is 0 Å². The lowest BCUT2D eigenvalue weighted by Crippen LogP contribution is -2.04. The summed E-state index contributed by atoms with van der Waals surface area (Å²) in [6.07, 6.45) is 3.11. The summed E-state index contributed by atoms with van der Waals surface area (Å²) in [4.78, 5) is 10.8. The summed E-state index contributed by atoms with van der Waals surface area (Å²) in [7, 11) is 0. The zero-order chi connectivity index (χ0) is 12.0. The molecule has 0 saturated carbocycles. The van der Waals surface area contributed by atoms with Crippen LogP contribution >= 0.6 is 23.4 Å². The van der Waals surface area contributed by atoms with Crippen LogP contribution in [-0.2, 0) is 0 Å².